The number of anilines is 1. The van der Waals surface area contributed by atoms with E-state index >= 15 is 0 Å². The largest absolute Gasteiger partial charge is 0.325 e. The van der Waals surface area contributed by atoms with E-state index in [-0.39, 0.29) is 6.03 Å². The molecule has 0 atom stereocenters. The molecule has 1 aliphatic rings. The summed E-state index contributed by atoms with van der Waals surface area (Å²) < 4.78 is 0. The van der Waals surface area contributed by atoms with Gasteiger partial charge in [0.1, 0.15) is 6.07 Å². The molecule has 0 aliphatic carbocycles. The third kappa shape index (κ3) is 2.76. The first-order valence-corrected chi connectivity index (χ1v) is 5.86. The third-order valence-corrected chi connectivity index (χ3v) is 2.93. The summed E-state index contributed by atoms with van der Waals surface area (Å²) in [7, 11) is 0. The van der Waals surface area contributed by atoms with Gasteiger partial charge in [-0.15, -0.1) is 0 Å². The Hall–Kier alpha value is -2.02. The Morgan fingerprint density at radius 3 is 2.65 bits per heavy atom. The van der Waals surface area contributed by atoms with Crippen LogP contribution in [0.25, 0.3) is 0 Å². The van der Waals surface area contributed by atoms with Crippen LogP contribution in [0.4, 0.5) is 10.5 Å². The summed E-state index contributed by atoms with van der Waals surface area (Å²) in [5.74, 6) is 0. The van der Waals surface area contributed by atoms with Crippen molar-refractivity contribution in [2.24, 2.45) is 0 Å². The maximum absolute atomic E-state index is 11.9. The molecule has 0 spiro atoms. The van der Waals surface area contributed by atoms with Crippen molar-refractivity contribution in [2.75, 3.05) is 18.4 Å². The Morgan fingerprint density at radius 1 is 1.24 bits per heavy atom. The van der Waals surface area contributed by atoms with Crippen LogP contribution >= 0.6 is 0 Å². The van der Waals surface area contributed by atoms with Crippen LogP contribution in [-0.4, -0.2) is 24.0 Å². The first-order chi connectivity index (χ1) is 8.31. The molecule has 0 bridgehead atoms. The van der Waals surface area contributed by atoms with Crippen molar-refractivity contribution in [1.82, 2.24) is 4.90 Å². The molecule has 0 unspecified atom stereocenters. The van der Waals surface area contributed by atoms with E-state index in [1.165, 1.54) is 6.42 Å². The lowest BCUT2D eigenvalue weighted by Crippen LogP contribution is -2.38. The zero-order valence-corrected chi connectivity index (χ0v) is 9.65. The second-order valence-corrected chi connectivity index (χ2v) is 4.14. The number of hydrogen-bond acceptors (Lipinski definition) is 2. The minimum Gasteiger partial charge on any atom is -0.325 e. The fourth-order valence-electron chi connectivity index (χ4n) is 1.98. The molecule has 1 fully saturated rings. The lowest BCUT2D eigenvalue weighted by atomic mass is 10.1. The number of urea groups is 1. The van der Waals surface area contributed by atoms with Gasteiger partial charge in [-0.1, -0.05) is 12.1 Å². The van der Waals surface area contributed by atoms with Crippen LogP contribution in [0.1, 0.15) is 24.8 Å². The van der Waals surface area contributed by atoms with E-state index < -0.39 is 0 Å². The third-order valence-electron chi connectivity index (χ3n) is 2.93. The Kier molecular flexibility index (Phi) is 3.61. The molecule has 1 aliphatic heterocycles. The molecule has 1 aromatic carbocycles. The van der Waals surface area contributed by atoms with Gasteiger partial charge >= 0.3 is 6.03 Å². The average Bonchev–Trinajstić information content (AvgIpc) is 2.40. The van der Waals surface area contributed by atoms with Crippen LogP contribution in [0.3, 0.4) is 0 Å². The van der Waals surface area contributed by atoms with Gasteiger partial charge in [0.2, 0.25) is 0 Å². The predicted octanol–water partition coefficient (Wildman–Crippen LogP) is 2.58. The fourth-order valence-corrected chi connectivity index (χ4v) is 1.98. The topological polar surface area (TPSA) is 56.1 Å². The van der Waals surface area contributed by atoms with Gasteiger partial charge in [0, 0.05) is 13.1 Å². The number of nitrogens with zero attached hydrogens (tertiary/aromatic N) is 2. The van der Waals surface area contributed by atoms with Crippen LogP contribution in [0.5, 0.6) is 0 Å². The van der Waals surface area contributed by atoms with Gasteiger partial charge < -0.3 is 10.2 Å². The van der Waals surface area contributed by atoms with Gasteiger partial charge in [-0.25, -0.2) is 4.79 Å². The van der Waals surface area contributed by atoms with Crippen molar-refractivity contribution in [3.05, 3.63) is 29.8 Å². The highest BCUT2D eigenvalue weighted by Gasteiger charge is 2.17. The highest BCUT2D eigenvalue weighted by atomic mass is 16.2. The molecule has 2 rings (SSSR count). The van der Waals surface area contributed by atoms with E-state index in [1.54, 1.807) is 23.1 Å². The van der Waals surface area contributed by atoms with E-state index in [0.717, 1.165) is 25.9 Å². The smallest absolute Gasteiger partial charge is 0.321 e. The Balaban J connectivity index is 2.05. The molecule has 88 valence electrons. The number of benzene rings is 1. The highest BCUT2D eigenvalue weighted by molar-refractivity contribution is 5.90. The number of hydrogen-bond donors (Lipinski definition) is 1. The number of nitriles is 1. The molecule has 1 aromatic rings. The molecular formula is C13H15N3O. The number of carbonyl (C=O) groups excluding carboxylic acids is 1. The number of carbonyl (C=O) groups is 1. The number of likely N-dealkylation sites (tertiary alicyclic amines) is 1. The Labute approximate surface area is 101 Å². The van der Waals surface area contributed by atoms with Gasteiger partial charge in [0.05, 0.1) is 11.3 Å². The van der Waals surface area contributed by atoms with Crippen molar-refractivity contribution in [2.45, 2.75) is 19.3 Å². The predicted molar refractivity (Wildman–Crippen MR) is 65.6 cm³/mol. The highest BCUT2D eigenvalue weighted by Crippen LogP contribution is 2.16. The quantitative estimate of drug-likeness (QED) is 0.804. The molecule has 17 heavy (non-hydrogen) atoms. The summed E-state index contributed by atoms with van der Waals surface area (Å²) in [6, 6.07) is 9.02. The van der Waals surface area contributed by atoms with Crippen molar-refractivity contribution < 1.29 is 4.79 Å². The summed E-state index contributed by atoms with van der Waals surface area (Å²) in [5.41, 5.74) is 1.09. The maximum Gasteiger partial charge on any atom is 0.321 e. The minimum absolute atomic E-state index is 0.104. The standard InChI is InChI=1S/C13H15N3O/c14-10-11-6-2-3-7-12(11)15-13(17)16-8-4-1-5-9-16/h2-3,6-7H,1,4-5,8-9H2,(H,15,17). The number of amides is 2. The van der Waals surface area contributed by atoms with Crippen LogP contribution < -0.4 is 5.32 Å². The van der Waals surface area contributed by atoms with Crippen molar-refractivity contribution in [3.63, 3.8) is 0 Å². The Morgan fingerprint density at radius 2 is 1.94 bits per heavy atom. The second-order valence-electron chi connectivity index (χ2n) is 4.14. The monoisotopic (exact) mass is 229 g/mol. The zero-order valence-electron chi connectivity index (χ0n) is 9.65. The summed E-state index contributed by atoms with van der Waals surface area (Å²) in [6.07, 6.45) is 3.32. The van der Waals surface area contributed by atoms with Gasteiger partial charge in [-0.2, -0.15) is 5.26 Å². The molecular weight excluding hydrogens is 214 g/mol. The van der Waals surface area contributed by atoms with Crippen molar-refractivity contribution in [1.29, 1.82) is 5.26 Å². The SMILES string of the molecule is N#Cc1ccccc1NC(=O)N1CCCCC1. The van der Waals surface area contributed by atoms with Gasteiger partial charge in [-0.3, -0.25) is 0 Å². The van der Waals surface area contributed by atoms with Crippen LogP contribution in [-0.2, 0) is 0 Å². The maximum atomic E-state index is 11.9. The normalized spacial score (nSPS) is 15.1. The molecule has 2 amide bonds. The van der Waals surface area contributed by atoms with Crippen LogP contribution in [0.2, 0.25) is 0 Å². The molecule has 0 radical (unpaired) electrons. The number of piperidine rings is 1. The average molecular weight is 229 g/mol. The molecule has 0 saturated carbocycles. The van der Waals surface area contributed by atoms with Gasteiger partial charge in [0.15, 0.2) is 0 Å². The van der Waals surface area contributed by atoms with E-state index in [9.17, 15) is 4.79 Å². The summed E-state index contributed by atoms with van der Waals surface area (Å²) in [4.78, 5) is 13.7. The molecule has 0 aromatic heterocycles. The molecule has 1 saturated heterocycles. The minimum atomic E-state index is -0.104. The van der Waals surface area contributed by atoms with Crippen LogP contribution in [0, 0.1) is 11.3 Å². The number of para-hydroxylation sites is 1. The van der Waals surface area contributed by atoms with E-state index in [1.807, 2.05) is 6.07 Å². The summed E-state index contributed by atoms with van der Waals surface area (Å²) in [6.45, 7) is 1.61. The number of nitrogens with one attached hydrogen (secondary N) is 1. The molecule has 4 nitrogen and oxygen atoms in total. The van der Waals surface area contributed by atoms with Crippen molar-refractivity contribution >= 4 is 11.7 Å². The van der Waals surface area contributed by atoms with Gasteiger partial charge in [0.25, 0.3) is 0 Å². The Bertz CT molecular complexity index is 444. The van der Waals surface area contributed by atoms with Gasteiger partial charge in [-0.05, 0) is 31.4 Å². The van der Waals surface area contributed by atoms with E-state index in [2.05, 4.69) is 11.4 Å². The summed E-state index contributed by atoms with van der Waals surface area (Å²) >= 11 is 0. The molecule has 1 heterocycles. The second kappa shape index (κ2) is 5.35. The zero-order chi connectivity index (χ0) is 12.1. The number of rotatable bonds is 1. The lowest BCUT2D eigenvalue weighted by Gasteiger charge is -2.26. The first kappa shape index (κ1) is 11.5. The molecule has 4 heteroatoms. The van der Waals surface area contributed by atoms with Crippen LogP contribution in [0.15, 0.2) is 24.3 Å². The molecule has 1 N–H and O–H groups in total. The van der Waals surface area contributed by atoms with E-state index in [4.69, 9.17) is 5.26 Å². The fraction of sp³-hybridized carbons (Fsp3) is 0.385. The van der Waals surface area contributed by atoms with Crippen molar-refractivity contribution in [3.8, 4) is 6.07 Å². The summed E-state index contributed by atoms with van der Waals surface area (Å²) in [5, 5.41) is 11.7. The lowest BCUT2D eigenvalue weighted by molar-refractivity contribution is 0.200. The first-order valence-electron chi connectivity index (χ1n) is 5.86. The van der Waals surface area contributed by atoms with E-state index in [0.29, 0.717) is 11.3 Å².